The van der Waals surface area contributed by atoms with Gasteiger partial charge in [-0.25, -0.2) is 0 Å². The molecular formula is C14H22N4O3. The molecule has 0 bridgehead atoms. The Bertz CT molecular complexity index is 526. The minimum atomic E-state index is -1.02. The molecule has 1 saturated heterocycles. The summed E-state index contributed by atoms with van der Waals surface area (Å²) < 4.78 is 5.69. The normalized spacial score (nSPS) is 26.0. The number of carbonyl (C=O) groups excluding carboxylic acids is 1. The summed E-state index contributed by atoms with van der Waals surface area (Å²) in [6.07, 6.45) is 3.77. The van der Waals surface area contributed by atoms with Gasteiger partial charge >= 0.3 is 6.01 Å². The van der Waals surface area contributed by atoms with E-state index in [1.165, 1.54) is 4.90 Å². The molecule has 1 saturated carbocycles. The predicted octanol–water partition coefficient (Wildman–Crippen LogP) is 0.757. The lowest BCUT2D eigenvalue weighted by Crippen LogP contribution is -2.50. The maximum absolute atomic E-state index is 11.9. The molecule has 0 radical (unpaired) electrons. The van der Waals surface area contributed by atoms with E-state index in [1.54, 1.807) is 14.1 Å². The summed E-state index contributed by atoms with van der Waals surface area (Å²) in [4.78, 5) is 15.3. The minimum absolute atomic E-state index is 0.0662. The van der Waals surface area contributed by atoms with Gasteiger partial charge in [-0.3, -0.25) is 4.79 Å². The third kappa shape index (κ3) is 3.18. The van der Waals surface area contributed by atoms with Crippen molar-refractivity contribution in [2.45, 2.75) is 43.6 Å². The van der Waals surface area contributed by atoms with Crippen LogP contribution < -0.4 is 4.90 Å². The molecule has 1 aliphatic heterocycles. The molecule has 1 aromatic heterocycles. The van der Waals surface area contributed by atoms with E-state index >= 15 is 0 Å². The molecule has 1 unspecified atom stereocenters. The number of hydrogen-bond acceptors (Lipinski definition) is 6. The highest BCUT2D eigenvalue weighted by molar-refractivity contribution is 5.76. The van der Waals surface area contributed by atoms with Crippen LogP contribution in [0.5, 0.6) is 0 Å². The molecule has 7 heteroatoms. The standard InChI is InChI=1S/C14H22N4O3/c1-17(2)11(19)8-14(20)6-3-7-18(9-14)13-16-15-12(21-13)10-4-5-10/h10,20H,3-9H2,1-2H3. The Morgan fingerprint density at radius 3 is 2.90 bits per heavy atom. The van der Waals surface area contributed by atoms with Gasteiger partial charge in [0.1, 0.15) is 0 Å². The molecule has 116 valence electrons. The molecule has 7 nitrogen and oxygen atoms in total. The van der Waals surface area contributed by atoms with E-state index in [9.17, 15) is 9.90 Å². The van der Waals surface area contributed by atoms with Crippen LogP contribution in [0.15, 0.2) is 4.42 Å². The van der Waals surface area contributed by atoms with Gasteiger partial charge < -0.3 is 19.3 Å². The average molecular weight is 294 g/mol. The second kappa shape index (κ2) is 5.29. The van der Waals surface area contributed by atoms with Gasteiger partial charge in [-0.15, -0.1) is 5.10 Å². The fourth-order valence-corrected chi connectivity index (χ4v) is 2.71. The number of β-amino-alcohol motifs (C(OH)–C–C–N with tert-alkyl or cyclic N) is 1. The zero-order valence-corrected chi connectivity index (χ0v) is 12.6. The van der Waals surface area contributed by atoms with Crippen LogP contribution in [-0.2, 0) is 4.79 Å². The number of anilines is 1. The van der Waals surface area contributed by atoms with Crippen molar-refractivity contribution >= 4 is 11.9 Å². The third-order valence-electron chi connectivity index (χ3n) is 4.16. The molecule has 1 aromatic rings. The van der Waals surface area contributed by atoms with Crippen LogP contribution in [-0.4, -0.2) is 58.9 Å². The lowest BCUT2D eigenvalue weighted by Gasteiger charge is -2.38. The molecule has 0 spiro atoms. The summed E-state index contributed by atoms with van der Waals surface area (Å²) >= 11 is 0. The molecule has 2 heterocycles. The zero-order chi connectivity index (χ0) is 15.0. The van der Waals surface area contributed by atoms with Crippen molar-refractivity contribution in [2.24, 2.45) is 0 Å². The van der Waals surface area contributed by atoms with Gasteiger partial charge in [0.15, 0.2) is 0 Å². The molecule has 1 aliphatic carbocycles. The molecule has 1 atom stereocenters. The van der Waals surface area contributed by atoms with Crippen LogP contribution in [0.1, 0.15) is 43.9 Å². The topological polar surface area (TPSA) is 82.7 Å². The van der Waals surface area contributed by atoms with Crippen LogP contribution in [0.4, 0.5) is 6.01 Å². The molecule has 0 aromatic carbocycles. The van der Waals surface area contributed by atoms with E-state index in [4.69, 9.17) is 4.42 Å². The van der Waals surface area contributed by atoms with Crippen molar-refractivity contribution in [3.8, 4) is 0 Å². The zero-order valence-electron chi connectivity index (χ0n) is 12.6. The monoisotopic (exact) mass is 294 g/mol. The van der Waals surface area contributed by atoms with Crippen molar-refractivity contribution in [3.05, 3.63) is 5.89 Å². The van der Waals surface area contributed by atoms with Gasteiger partial charge in [0.05, 0.1) is 18.6 Å². The number of hydrogen-bond donors (Lipinski definition) is 1. The van der Waals surface area contributed by atoms with Gasteiger partial charge in [-0.2, -0.15) is 0 Å². The SMILES string of the molecule is CN(C)C(=O)CC1(O)CCCN(c2nnc(C3CC3)o2)C1. The quantitative estimate of drug-likeness (QED) is 0.882. The second-order valence-electron chi connectivity index (χ2n) is 6.41. The van der Waals surface area contributed by atoms with Crippen LogP contribution in [0.25, 0.3) is 0 Å². The van der Waals surface area contributed by atoms with Crippen LogP contribution in [0.2, 0.25) is 0 Å². The maximum Gasteiger partial charge on any atom is 0.318 e. The Balaban J connectivity index is 1.67. The number of piperidine rings is 1. The van der Waals surface area contributed by atoms with E-state index in [2.05, 4.69) is 10.2 Å². The average Bonchev–Trinajstić information content (AvgIpc) is 3.16. The number of aromatic nitrogens is 2. The van der Waals surface area contributed by atoms with Crippen LogP contribution in [0.3, 0.4) is 0 Å². The van der Waals surface area contributed by atoms with E-state index in [0.29, 0.717) is 30.8 Å². The molecule has 21 heavy (non-hydrogen) atoms. The lowest BCUT2D eigenvalue weighted by molar-refractivity contribution is -0.134. The van der Waals surface area contributed by atoms with E-state index in [1.807, 2.05) is 4.90 Å². The van der Waals surface area contributed by atoms with Crippen molar-refractivity contribution < 1.29 is 14.3 Å². The summed E-state index contributed by atoms with van der Waals surface area (Å²) in [5.74, 6) is 1.05. The minimum Gasteiger partial charge on any atom is -0.408 e. The Hall–Kier alpha value is -1.63. The molecule has 3 rings (SSSR count). The first kappa shape index (κ1) is 14.3. The largest absolute Gasteiger partial charge is 0.408 e. The summed E-state index contributed by atoms with van der Waals surface area (Å²) in [5.41, 5.74) is -1.02. The molecular weight excluding hydrogens is 272 g/mol. The fourth-order valence-electron chi connectivity index (χ4n) is 2.71. The number of rotatable bonds is 4. The van der Waals surface area contributed by atoms with Crippen LogP contribution in [0, 0.1) is 0 Å². The molecule has 2 aliphatic rings. The van der Waals surface area contributed by atoms with E-state index in [0.717, 1.165) is 25.8 Å². The number of carbonyl (C=O) groups is 1. The second-order valence-corrected chi connectivity index (χ2v) is 6.41. The maximum atomic E-state index is 11.9. The first-order valence-electron chi connectivity index (χ1n) is 7.48. The number of nitrogens with zero attached hydrogens (tertiary/aromatic N) is 4. The highest BCUT2D eigenvalue weighted by Gasteiger charge is 2.38. The summed E-state index contributed by atoms with van der Waals surface area (Å²) in [6, 6.07) is 0.465. The van der Waals surface area contributed by atoms with Gasteiger partial charge in [-0.1, -0.05) is 5.10 Å². The Morgan fingerprint density at radius 1 is 1.48 bits per heavy atom. The van der Waals surface area contributed by atoms with Crippen molar-refractivity contribution in [1.82, 2.24) is 15.1 Å². The van der Waals surface area contributed by atoms with Crippen molar-refractivity contribution in [3.63, 3.8) is 0 Å². The summed E-state index contributed by atoms with van der Waals surface area (Å²) in [6.45, 7) is 1.13. The highest BCUT2D eigenvalue weighted by atomic mass is 16.4. The number of aliphatic hydroxyl groups is 1. The van der Waals surface area contributed by atoms with Gasteiger partial charge in [0.2, 0.25) is 11.8 Å². The van der Waals surface area contributed by atoms with E-state index < -0.39 is 5.60 Å². The highest BCUT2D eigenvalue weighted by Crippen LogP contribution is 2.40. The Labute approximate surface area is 123 Å². The Morgan fingerprint density at radius 2 is 2.24 bits per heavy atom. The lowest BCUT2D eigenvalue weighted by atomic mass is 9.89. The molecule has 1 amide bonds. The number of amides is 1. The first-order chi connectivity index (χ1) is 9.97. The molecule has 2 fully saturated rings. The molecule has 1 N–H and O–H groups in total. The Kier molecular flexibility index (Phi) is 3.61. The smallest absolute Gasteiger partial charge is 0.318 e. The van der Waals surface area contributed by atoms with Gasteiger partial charge in [0, 0.05) is 26.6 Å². The third-order valence-corrected chi connectivity index (χ3v) is 4.16. The van der Waals surface area contributed by atoms with Crippen LogP contribution >= 0.6 is 0 Å². The predicted molar refractivity (Wildman–Crippen MR) is 76.0 cm³/mol. The van der Waals surface area contributed by atoms with E-state index in [-0.39, 0.29) is 12.3 Å². The summed E-state index contributed by atoms with van der Waals surface area (Å²) in [5, 5.41) is 18.8. The van der Waals surface area contributed by atoms with Crippen molar-refractivity contribution in [2.75, 3.05) is 32.1 Å². The first-order valence-corrected chi connectivity index (χ1v) is 7.48. The van der Waals surface area contributed by atoms with Gasteiger partial charge in [-0.05, 0) is 25.7 Å². The van der Waals surface area contributed by atoms with Crippen molar-refractivity contribution in [1.29, 1.82) is 0 Å². The van der Waals surface area contributed by atoms with Gasteiger partial charge in [0.25, 0.3) is 0 Å². The fraction of sp³-hybridized carbons (Fsp3) is 0.786. The summed E-state index contributed by atoms with van der Waals surface area (Å²) in [7, 11) is 3.40.